The fraction of sp³-hybridized carbons (Fsp3) is 1.00. The zero-order valence-electron chi connectivity index (χ0n) is 22.2. The van der Waals surface area contributed by atoms with Crippen molar-refractivity contribution in [1.82, 2.24) is 5.32 Å². The van der Waals surface area contributed by atoms with E-state index >= 15 is 0 Å². The highest BCUT2D eigenvalue weighted by Gasteiger charge is 2.54. The molecule has 13 N–H and O–H groups in total. The summed E-state index contributed by atoms with van der Waals surface area (Å²) in [5.74, 6) is 0. The third-order valence-corrected chi connectivity index (χ3v) is 7.93. The van der Waals surface area contributed by atoms with E-state index < -0.39 is 137 Å². The molecule has 4 heterocycles. The van der Waals surface area contributed by atoms with Gasteiger partial charge in [-0.05, 0) is 0 Å². The Kier molecular flexibility index (Phi) is 11.8. The van der Waals surface area contributed by atoms with E-state index in [9.17, 15) is 61.3 Å². The van der Waals surface area contributed by atoms with E-state index in [2.05, 4.69) is 5.32 Å². The Bertz CT molecular complexity index is 839. The van der Waals surface area contributed by atoms with E-state index in [1.165, 1.54) is 0 Å². The molecule has 4 rings (SSSR count). The molecule has 0 aromatic heterocycles. The molecular formula is C23H41NO18. The van der Waals surface area contributed by atoms with Crippen molar-refractivity contribution in [2.45, 2.75) is 110 Å². The molecule has 0 aromatic carbocycles. The van der Waals surface area contributed by atoms with Crippen molar-refractivity contribution in [2.24, 2.45) is 0 Å². The minimum absolute atomic E-state index is 0.0861. The Labute approximate surface area is 239 Å². The summed E-state index contributed by atoms with van der Waals surface area (Å²) >= 11 is 0. The van der Waals surface area contributed by atoms with Gasteiger partial charge in [0.15, 0.2) is 18.9 Å². The first kappa shape index (κ1) is 34.1. The van der Waals surface area contributed by atoms with Gasteiger partial charge in [-0.2, -0.15) is 0 Å². The summed E-state index contributed by atoms with van der Waals surface area (Å²) in [5, 5.41) is 125. The molecule has 18 atom stereocenters. The summed E-state index contributed by atoms with van der Waals surface area (Å²) in [6.45, 7) is -2.72. The molecular weight excluding hydrogens is 578 g/mol. The molecule has 4 aliphatic rings. The lowest BCUT2D eigenvalue weighted by molar-refractivity contribution is -0.381. The van der Waals surface area contributed by atoms with Gasteiger partial charge in [0, 0.05) is 6.54 Å². The van der Waals surface area contributed by atoms with Crippen LogP contribution in [-0.4, -0.2) is 205 Å². The maximum atomic E-state index is 10.8. The van der Waals surface area contributed by atoms with Gasteiger partial charge in [0.1, 0.15) is 79.4 Å². The van der Waals surface area contributed by atoms with Crippen molar-refractivity contribution in [2.75, 3.05) is 33.0 Å². The van der Waals surface area contributed by atoms with Crippen molar-refractivity contribution in [3.63, 3.8) is 0 Å². The first-order valence-corrected chi connectivity index (χ1v) is 13.5. The molecule has 0 bridgehead atoms. The van der Waals surface area contributed by atoms with Crippen LogP contribution in [0.25, 0.3) is 0 Å². The zero-order valence-corrected chi connectivity index (χ0v) is 22.2. The molecule has 19 nitrogen and oxygen atoms in total. The van der Waals surface area contributed by atoms with Gasteiger partial charge in [0.05, 0.1) is 38.6 Å². The summed E-state index contributed by atoms with van der Waals surface area (Å²) in [7, 11) is 0. The van der Waals surface area contributed by atoms with Gasteiger partial charge in [-0.1, -0.05) is 0 Å². The number of hydrogen-bond donors (Lipinski definition) is 13. The Morgan fingerprint density at radius 2 is 0.881 bits per heavy atom. The molecule has 0 spiro atoms. The monoisotopic (exact) mass is 619 g/mol. The lowest BCUT2D eigenvalue weighted by atomic mass is 9.96. The van der Waals surface area contributed by atoms with Crippen LogP contribution in [-0.2, 0) is 28.4 Å². The average Bonchev–Trinajstić information content (AvgIpc) is 3.34. The quantitative estimate of drug-likeness (QED) is 0.108. The van der Waals surface area contributed by atoms with Crippen molar-refractivity contribution >= 4 is 0 Å². The van der Waals surface area contributed by atoms with Crippen LogP contribution in [0.5, 0.6) is 0 Å². The molecule has 42 heavy (non-hydrogen) atoms. The third kappa shape index (κ3) is 6.74. The highest BCUT2D eigenvalue weighted by Crippen LogP contribution is 2.33. The van der Waals surface area contributed by atoms with Crippen LogP contribution in [0, 0.1) is 0 Å². The molecule has 19 heteroatoms. The van der Waals surface area contributed by atoms with E-state index in [4.69, 9.17) is 28.4 Å². The number of rotatable bonds is 10. The van der Waals surface area contributed by atoms with Gasteiger partial charge in [0.25, 0.3) is 0 Å². The molecule has 4 aliphatic heterocycles. The molecule has 4 saturated heterocycles. The summed E-state index contributed by atoms with van der Waals surface area (Å²) in [4.78, 5) is 0. The first-order chi connectivity index (χ1) is 20.0. The van der Waals surface area contributed by atoms with E-state index in [-0.39, 0.29) is 6.54 Å². The summed E-state index contributed by atoms with van der Waals surface area (Å²) < 4.78 is 33.0. The Hall–Kier alpha value is -0.760. The number of aliphatic hydroxyl groups excluding tert-OH is 12. The molecule has 246 valence electrons. The third-order valence-electron chi connectivity index (χ3n) is 7.93. The number of aliphatic hydroxyl groups is 12. The van der Waals surface area contributed by atoms with Crippen LogP contribution < -0.4 is 5.32 Å². The normalized spacial score (nSPS) is 52.0. The van der Waals surface area contributed by atoms with Crippen LogP contribution >= 0.6 is 0 Å². The van der Waals surface area contributed by atoms with Gasteiger partial charge in [-0.15, -0.1) is 0 Å². The van der Waals surface area contributed by atoms with Gasteiger partial charge < -0.3 is 95.0 Å². The van der Waals surface area contributed by atoms with E-state index in [0.29, 0.717) is 0 Å². The molecule has 0 aromatic rings. The Balaban J connectivity index is 1.42. The standard InChI is InChI=1S/C23H41NO18/c25-2-6-18(7(29)1-24-6)40-22-16(35)13(32)20(9(4-27)38-22)42-23-17(36)14(33)19(10(5-28)39-23)41-21-15(34)12(31)11(30)8(3-26)37-21/h6-36H,1-5H2/t6-,7-,8+,9+,10+,11+,12-,13+,14+,15+,16+,17+,18+,19+,20+,21-,22+,23-/m0/s1. The number of β-amino-alcohol motifs (C(OH)–C–C–N with tert-alkyl or cyclic N) is 1. The lowest BCUT2D eigenvalue weighted by Crippen LogP contribution is -2.67. The molecule has 0 aliphatic carbocycles. The minimum Gasteiger partial charge on any atom is -0.395 e. The Morgan fingerprint density at radius 1 is 0.476 bits per heavy atom. The molecule has 0 amide bonds. The van der Waals surface area contributed by atoms with Crippen molar-refractivity contribution in [1.29, 1.82) is 0 Å². The van der Waals surface area contributed by atoms with Gasteiger partial charge in [-0.25, -0.2) is 0 Å². The molecule has 0 radical (unpaired) electrons. The predicted molar refractivity (Wildman–Crippen MR) is 129 cm³/mol. The highest BCUT2D eigenvalue weighted by molar-refractivity contribution is 4.98. The first-order valence-electron chi connectivity index (χ1n) is 13.5. The van der Waals surface area contributed by atoms with Gasteiger partial charge in [0.2, 0.25) is 0 Å². The van der Waals surface area contributed by atoms with Crippen LogP contribution in [0.3, 0.4) is 0 Å². The number of ether oxygens (including phenoxy) is 6. The second-order valence-corrected chi connectivity index (χ2v) is 10.7. The minimum atomic E-state index is -1.95. The average molecular weight is 620 g/mol. The summed E-state index contributed by atoms with van der Waals surface area (Å²) in [6.07, 6.45) is -27.4. The second-order valence-electron chi connectivity index (χ2n) is 10.7. The van der Waals surface area contributed by atoms with Gasteiger partial charge in [-0.3, -0.25) is 0 Å². The van der Waals surface area contributed by atoms with Crippen LogP contribution in [0.15, 0.2) is 0 Å². The predicted octanol–water partition coefficient (Wildman–Crippen LogP) is -8.86. The second kappa shape index (κ2) is 14.6. The van der Waals surface area contributed by atoms with Crippen LogP contribution in [0.4, 0.5) is 0 Å². The summed E-state index contributed by atoms with van der Waals surface area (Å²) in [5.41, 5.74) is 0. The van der Waals surface area contributed by atoms with E-state index in [1.54, 1.807) is 0 Å². The fourth-order valence-corrected chi connectivity index (χ4v) is 5.44. The highest BCUT2D eigenvalue weighted by atomic mass is 16.8. The molecule has 0 unspecified atom stereocenters. The Morgan fingerprint density at radius 3 is 1.31 bits per heavy atom. The lowest BCUT2D eigenvalue weighted by Gasteiger charge is -2.48. The zero-order chi connectivity index (χ0) is 30.9. The summed E-state index contributed by atoms with van der Waals surface area (Å²) in [6, 6.07) is -0.699. The van der Waals surface area contributed by atoms with Crippen molar-refractivity contribution < 1.29 is 89.7 Å². The maximum Gasteiger partial charge on any atom is 0.187 e. The van der Waals surface area contributed by atoms with E-state index in [1.807, 2.05) is 0 Å². The molecule has 4 fully saturated rings. The SMILES string of the molecule is OC[C@@H]1NC[C@H](O)[C@@H]1O[C@H]1O[C@H](CO)[C@@H](O[C@@H]2O[C@H](CO)[C@@H](O[C@@H]3O[C@H](CO)[C@@H](O)[C@H](O)[C@H]3O)[C@H](O)[C@H]2O)[C@H](O)[C@H]1O. The van der Waals surface area contributed by atoms with Gasteiger partial charge >= 0.3 is 0 Å². The van der Waals surface area contributed by atoms with Crippen molar-refractivity contribution in [3.05, 3.63) is 0 Å². The maximum absolute atomic E-state index is 10.8. The fourth-order valence-electron chi connectivity index (χ4n) is 5.44. The molecule has 0 saturated carbocycles. The van der Waals surface area contributed by atoms with Crippen LogP contribution in [0.2, 0.25) is 0 Å². The number of hydrogen-bond acceptors (Lipinski definition) is 19. The largest absolute Gasteiger partial charge is 0.395 e. The number of nitrogens with one attached hydrogen (secondary N) is 1. The van der Waals surface area contributed by atoms with Crippen molar-refractivity contribution in [3.8, 4) is 0 Å². The smallest absolute Gasteiger partial charge is 0.187 e. The van der Waals surface area contributed by atoms with Crippen LogP contribution in [0.1, 0.15) is 0 Å². The van der Waals surface area contributed by atoms with E-state index in [0.717, 1.165) is 0 Å². The topological polar surface area (TPSA) is 310 Å².